The van der Waals surface area contributed by atoms with Gasteiger partial charge in [-0.05, 0) is 0 Å². The Kier molecular flexibility index (Phi) is 7.08. The first-order valence-electron chi connectivity index (χ1n) is 9.68. The molecule has 0 nitrogen and oxygen atoms in total. The summed E-state index contributed by atoms with van der Waals surface area (Å²) in [5.41, 5.74) is 0. The zero-order valence-electron chi connectivity index (χ0n) is 18.1. The van der Waals surface area contributed by atoms with Crippen molar-refractivity contribution in [3.8, 4) is 0 Å². The molecule has 0 N–H and O–H groups in total. The molecule has 0 amide bonds. The van der Waals surface area contributed by atoms with E-state index in [9.17, 15) is 74.6 Å². The summed E-state index contributed by atoms with van der Waals surface area (Å²) in [5.74, 6) is -53.2. The molecule has 2 aromatic carbocycles. The van der Waals surface area contributed by atoms with Crippen molar-refractivity contribution in [1.29, 1.82) is 0 Å². The summed E-state index contributed by atoms with van der Waals surface area (Å²) in [4.78, 5) is -6.67. The summed E-state index contributed by atoms with van der Waals surface area (Å²) in [6.07, 6.45) is -7.84. The van der Waals surface area contributed by atoms with Gasteiger partial charge in [-0.25, -0.2) is 0 Å². The fraction of sp³-hybridized carbons (Fsp3) is 0.400. The Labute approximate surface area is 211 Å². The molecule has 3 aromatic rings. The van der Waals surface area contributed by atoms with E-state index < -0.39 is 90.9 Å². The molecule has 0 aliphatic rings. The van der Waals surface area contributed by atoms with E-state index in [4.69, 9.17) is 0 Å². The predicted octanol–water partition coefficient (Wildman–Crippen LogP) is 8.94. The molecular formula is C20H6F19Se+. The van der Waals surface area contributed by atoms with E-state index >= 15 is 8.78 Å². The zero-order valence-corrected chi connectivity index (χ0v) is 19.8. The molecule has 1 aromatic heterocycles. The van der Waals surface area contributed by atoms with E-state index in [-0.39, 0.29) is 24.3 Å². The average molecular weight is 686 g/mol. The standard InChI is InChI=1S/C20H6F19Se/c21-7-1-3-11-9(5-7)10-6-8(22)2-4-12(10)40(11)20(38,39)18(33,34)16(29,30)14(25,26)13(23,24)15(27,28)17(31,32)19(35,36)37/h1-6H/q+1. The van der Waals surface area contributed by atoms with Gasteiger partial charge in [0.2, 0.25) is 0 Å². The van der Waals surface area contributed by atoms with Crippen LogP contribution in [-0.4, -0.2) is 55.2 Å². The van der Waals surface area contributed by atoms with Crippen LogP contribution in [0.15, 0.2) is 36.4 Å². The van der Waals surface area contributed by atoms with Gasteiger partial charge in [-0.15, -0.1) is 0 Å². The van der Waals surface area contributed by atoms with Crippen molar-refractivity contribution in [1.82, 2.24) is 0 Å². The Morgan fingerprint density at radius 1 is 0.400 bits per heavy atom. The van der Waals surface area contributed by atoms with Crippen molar-refractivity contribution in [2.45, 2.75) is 46.5 Å². The number of fused-ring (bicyclic) bond motifs is 3. The molecule has 0 aliphatic heterocycles. The maximum atomic E-state index is 15.1. The summed E-state index contributed by atoms with van der Waals surface area (Å²) in [5, 5.41) is -1.71. The molecule has 0 fully saturated rings. The molecule has 0 atom stereocenters. The van der Waals surface area contributed by atoms with Gasteiger partial charge in [0.05, 0.1) is 0 Å². The van der Waals surface area contributed by atoms with Gasteiger partial charge >= 0.3 is 211 Å². The van der Waals surface area contributed by atoms with Crippen LogP contribution >= 0.6 is 0 Å². The van der Waals surface area contributed by atoms with Gasteiger partial charge < -0.3 is 0 Å². The van der Waals surface area contributed by atoms with Crippen molar-refractivity contribution in [2.24, 2.45) is 0 Å². The van der Waals surface area contributed by atoms with Gasteiger partial charge in [0.1, 0.15) is 0 Å². The van der Waals surface area contributed by atoms with Gasteiger partial charge in [0.15, 0.2) is 0 Å². The van der Waals surface area contributed by atoms with Crippen LogP contribution in [0.3, 0.4) is 0 Å². The summed E-state index contributed by atoms with van der Waals surface area (Å²) < 4.78 is 258. The summed E-state index contributed by atoms with van der Waals surface area (Å²) in [7, 11) is 0. The molecule has 0 saturated carbocycles. The van der Waals surface area contributed by atoms with Crippen LogP contribution in [0, 0.1) is 11.6 Å². The Hall–Kier alpha value is -2.37. The average Bonchev–Trinajstić information content (AvgIpc) is 3.10. The SMILES string of the molecule is Fc1ccc2c(c1)c1cc(F)ccc1[se+]2C(F)(F)C(F)(F)C(F)(F)C(F)(F)C(F)(F)C(F)(F)C(F)(F)C(F)(F)F. The molecule has 224 valence electrons. The van der Waals surface area contributed by atoms with Crippen molar-refractivity contribution in [3.63, 3.8) is 0 Å². The van der Waals surface area contributed by atoms with Gasteiger partial charge in [0, 0.05) is 0 Å². The number of benzene rings is 2. The second kappa shape index (κ2) is 8.82. The molecule has 0 radical (unpaired) electrons. The van der Waals surface area contributed by atoms with Crippen LogP contribution in [0.4, 0.5) is 83.4 Å². The normalized spacial score (nSPS) is 15.4. The Morgan fingerprint density at radius 2 is 0.700 bits per heavy atom. The van der Waals surface area contributed by atoms with Gasteiger partial charge in [-0.3, -0.25) is 0 Å². The van der Waals surface area contributed by atoms with Gasteiger partial charge in [-0.2, -0.15) is 0 Å². The van der Waals surface area contributed by atoms with Crippen molar-refractivity contribution < 1.29 is 83.4 Å². The first-order valence-corrected chi connectivity index (χ1v) is 12.2. The van der Waals surface area contributed by atoms with E-state index in [1.807, 2.05) is 0 Å². The molecule has 3 rings (SSSR count). The number of alkyl halides is 17. The van der Waals surface area contributed by atoms with Gasteiger partial charge in [-0.1, -0.05) is 0 Å². The van der Waals surface area contributed by atoms with Crippen LogP contribution in [0.25, 0.3) is 19.3 Å². The van der Waals surface area contributed by atoms with E-state index in [1.54, 1.807) is 0 Å². The molecule has 1 heterocycles. The van der Waals surface area contributed by atoms with E-state index in [2.05, 4.69) is 0 Å². The predicted molar refractivity (Wildman–Crippen MR) is 98.8 cm³/mol. The number of rotatable bonds is 7. The Balaban J connectivity index is 2.31. The molecule has 0 bridgehead atoms. The van der Waals surface area contributed by atoms with Crippen molar-refractivity contribution >= 4 is 32.7 Å². The monoisotopic (exact) mass is 687 g/mol. The van der Waals surface area contributed by atoms with Crippen LogP contribution in [0.1, 0.15) is 0 Å². The number of hydrogen-bond acceptors (Lipinski definition) is 0. The second-order valence-corrected chi connectivity index (χ2v) is 12.3. The fourth-order valence-electron chi connectivity index (χ4n) is 3.45. The van der Waals surface area contributed by atoms with E-state index in [1.165, 1.54) is 0 Å². The van der Waals surface area contributed by atoms with Crippen molar-refractivity contribution in [3.05, 3.63) is 48.0 Å². The second-order valence-electron chi connectivity index (χ2n) is 8.05. The summed E-state index contributed by atoms with van der Waals surface area (Å²) >= 11 is -5.38. The molecule has 0 spiro atoms. The van der Waals surface area contributed by atoms with Gasteiger partial charge in [0.25, 0.3) is 0 Å². The first kappa shape index (κ1) is 32.1. The minimum absolute atomic E-state index is 0.250. The number of hydrogen-bond donors (Lipinski definition) is 0. The van der Waals surface area contributed by atoms with Crippen LogP contribution in [-0.2, 0) is 4.82 Å². The third-order valence-electron chi connectivity index (χ3n) is 5.56. The Morgan fingerprint density at radius 3 is 1.02 bits per heavy atom. The molecule has 40 heavy (non-hydrogen) atoms. The Bertz CT molecular complexity index is 1390. The first-order chi connectivity index (χ1) is 17.6. The van der Waals surface area contributed by atoms with E-state index in [0.29, 0.717) is 12.1 Å². The quantitative estimate of drug-likeness (QED) is 0.172. The van der Waals surface area contributed by atoms with Crippen LogP contribution < -0.4 is 0 Å². The molecular weight excluding hydrogens is 680 g/mol. The zero-order chi connectivity index (χ0) is 31.3. The van der Waals surface area contributed by atoms with Crippen LogP contribution in [0.5, 0.6) is 0 Å². The third kappa shape index (κ3) is 3.90. The van der Waals surface area contributed by atoms with Crippen molar-refractivity contribution in [2.75, 3.05) is 0 Å². The minimum atomic E-state index is -8.74. The molecule has 0 unspecified atom stereocenters. The maximum absolute atomic E-state index is 15.1. The third-order valence-corrected chi connectivity index (χ3v) is 10.5. The fourth-order valence-corrected chi connectivity index (χ4v) is 8.40. The van der Waals surface area contributed by atoms with Crippen LogP contribution in [0.2, 0.25) is 0 Å². The van der Waals surface area contributed by atoms with E-state index in [0.717, 1.165) is 0 Å². The topological polar surface area (TPSA) is 0 Å². The molecule has 0 aliphatic carbocycles. The molecule has 0 saturated heterocycles. The number of halogens is 19. The molecule has 20 heteroatoms. The summed E-state index contributed by atoms with van der Waals surface area (Å²) in [6.45, 7) is 0. The summed E-state index contributed by atoms with van der Waals surface area (Å²) in [6, 6.07) is 1.64.